The van der Waals surface area contributed by atoms with E-state index in [2.05, 4.69) is 0 Å². The fourth-order valence-electron chi connectivity index (χ4n) is 2.37. The molecule has 1 saturated heterocycles. The summed E-state index contributed by atoms with van der Waals surface area (Å²) in [5, 5.41) is 19.2. The maximum absolute atomic E-state index is 11.0. The van der Waals surface area contributed by atoms with Crippen LogP contribution in [0.15, 0.2) is 0 Å². The molecule has 2 N–H and O–H groups in total. The van der Waals surface area contributed by atoms with Gasteiger partial charge in [-0.1, -0.05) is 0 Å². The molecule has 2 fully saturated rings. The number of hydrogen-bond acceptors (Lipinski definition) is 3. The average molecular weight is 185 g/mol. The van der Waals surface area contributed by atoms with Crippen LogP contribution in [0.25, 0.3) is 0 Å². The molecular weight excluding hydrogens is 170 g/mol. The first-order valence-corrected chi connectivity index (χ1v) is 4.65. The van der Waals surface area contributed by atoms with Crippen LogP contribution < -0.4 is 0 Å². The second kappa shape index (κ2) is 2.45. The molecule has 0 aromatic heterocycles. The summed E-state index contributed by atoms with van der Waals surface area (Å²) in [6.07, 6.45) is 1.86. The van der Waals surface area contributed by atoms with Crippen molar-refractivity contribution in [3.05, 3.63) is 0 Å². The number of β-amino-alcohol motifs (C(OH)–C–C–N with tert-alkyl or cyclic N) is 1. The van der Waals surface area contributed by atoms with Gasteiger partial charge in [0.25, 0.3) is 0 Å². The number of likely N-dealkylation sites (N-methyl/N-ethyl adjacent to an activating group) is 1. The molecule has 1 unspecified atom stereocenters. The van der Waals surface area contributed by atoms with Gasteiger partial charge in [-0.05, 0) is 26.3 Å². The quantitative estimate of drug-likeness (QED) is 0.631. The maximum Gasteiger partial charge on any atom is 0.312 e. The normalized spacial score (nSPS) is 37.7. The van der Waals surface area contributed by atoms with Crippen molar-refractivity contribution in [1.29, 1.82) is 0 Å². The molecule has 74 valence electrons. The maximum atomic E-state index is 11.0. The topological polar surface area (TPSA) is 60.8 Å². The minimum Gasteiger partial charge on any atom is -0.481 e. The molecule has 0 bridgehead atoms. The van der Waals surface area contributed by atoms with Crippen molar-refractivity contribution in [1.82, 2.24) is 4.90 Å². The van der Waals surface area contributed by atoms with Crippen molar-refractivity contribution in [3.8, 4) is 0 Å². The number of nitrogens with zero attached hydrogens (tertiary/aromatic N) is 1. The van der Waals surface area contributed by atoms with E-state index >= 15 is 0 Å². The summed E-state index contributed by atoms with van der Waals surface area (Å²) in [7, 11) is 1.91. The van der Waals surface area contributed by atoms with E-state index in [1.165, 1.54) is 0 Å². The van der Waals surface area contributed by atoms with Crippen LogP contribution in [0.2, 0.25) is 0 Å². The summed E-state index contributed by atoms with van der Waals surface area (Å²) in [5.74, 6) is -0.828. The summed E-state index contributed by atoms with van der Waals surface area (Å²) < 4.78 is 0. The zero-order chi connectivity index (χ0) is 9.69. The highest BCUT2D eigenvalue weighted by atomic mass is 16.4. The Labute approximate surface area is 77.2 Å². The average Bonchev–Trinajstić information content (AvgIpc) is 2.76. The van der Waals surface area contributed by atoms with Crippen molar-refractivity contribution < 1.29 is 15.0 Å². The predicted molar refractivity (Wildman–Crippen MR) is 46.4 cm³/mol. The first kappa shape index (κ1) is 8.97. The molecule has 1 atom stereocenters. The Kier molecular flexibility index (Phi) is 1.69. The molecule has 0 aromatic rings. The molecular formula is C9H15NO3. The minimum absolute atomic E-state index is 0.499. The monoisotopic (exact) mass is 185 g/mol. The summed E-state index contributed by atoms with van der Waals surface area (Å²) in [5.41, 5.74) is -1.80. The third-order valence-corrected chi connectivity index (χ3v) is 3.49. The lowest BCUT2D eigenvalue weighted by Gasteiger charge is -2.29. The van der Waals surface area contributed by atoms with Gasteiger partial charge in [0.05, 0.1) is 11.0 Å². The van der Waals surface area contributed by atoms with E-state index in [1.54, 1.807) is 0 Å². The highest BCUT2D eigenvalue weighted by molar-refractivity contribution is 5.79. The van der Waals surface area contributed by atoms with E-state index in [4.69, 9.17) is 5.11 Å². The van der Waals surface area contributed by atoms with E-state index < -0.39 is 17.0 Å². The molecule has 4 heteroatoms. The van der Waals surface area contributed by atoms with Gasteiger partial charge in [0.1, 0.15) is 0 Å². The molecule has 0 radical (unpaired) electrons. The number of rotatable bonds is 2. The Bertz CT molecular complexity index is 249. The van der Waals surface area contributed by atoms with E-state index in [-0.39, 0.29) is 0 Å². The van der Waals surface area contributed by atoms with Crippen LogP contribution in [0.5, 0.6) is 0 Å². The summed E-state index contributed by atoms with van der Waals surface area (Å²) in [6.45, 7) is 1.30. The second-order valence-corrected chi connectivity index (χ2v) is 4.41. The number of aliphatic hydroxyl groups is 1. The predicted octanol–water partition coefficient (Wildman–Crippen LogP) is -0.0822. The number of carboxylic acids is 1. The van der Waals surface area contributed by atoms with Gasteiger partial charge in [0.2, 0.25) is 0 Å². The summed E-state index contributed by atoms with van der Waals surface area (Å²) >= 11 is 0. The third kappa shape index (κ3) is 1.09. The van der Waals surface area contributed by atoms with Crippen LogP contribution in [0.3, 0.4) is 0 Å². The molecule has 2 aliphatic rings. The Hall–Kier alpha value is -0.610. The van der Waals surface area contributed by atoms with Crippen LogP contribution in [-0.4, -0.2) is 46.8 Å². The molecule has 1 aliphatic carbocycles. The number of hydrogen-bond donors (Lipinski definition) is 2. The number of carboxylic acid groups (broad SMARTS) is 1. The SMILES string of the molecule is CN1CCC(O)(C2(C(=O)O)CC2)C1. The second-order valence-electron chi connectivity index (χ2n) is 4.41. The fraction of sp³-hybridized carbons (Fsp3) is 0.889. The summed E-state index contributed by atoms with van der Waals surface area (Å²) in [6, 6.07) is 0. The highest BCUT2D eigenvalue weighted by Gasteiger charge is 2.65. The van der Waals surface area contributed by atoms with Gasteiger partial charge in [0.15, 0.2) is 0 Å². The van der Waals surface area contributed by atoms with Crippen molar-refractivity contribution in [2.24, 2.45) is 5.41 Å². The van der Waals surface area contributed by atoms with Crippen molar-refractivity contribution in [2.75, 3.05) is 20.1 Å². The Balaban J connectivity index is 2.20. The molecule has 1 aliphatic heterocycles. The number of aliphatic carboxylic acids is 1. The third-order valence-electron chi connectivity index (χ3n) is 3.49. The first-order valence-electron chi connectivity index (χ1n) is 4.65. The van der Waals surface area contributed by atoms with E-state index in [9.17, 15) is 9.90 Å². The highest BCUT2D eigenvalue weighted by Crippen LogP contribution is 2.57. The van der Waals surface area contributed by atoms with Gasteiger partial charge < -0.3 is 15.1 Å². The van der Waals surface area contributed by atoms with Crippen LogP contribution in [0, 0.1) is 5.41 Å². The van der Waals surface area contributed by atoms with Gasteiger partial charge in [-0.15, -0.1) is 0 Å². The van der Waals surface area contributed by atoms with E-state index in [1.807, 2.05) is 11.9 Å². The Morgan fingerprint density at radius 1 is 1.38 bits per heavy atom. The molecule has 0 aromatic carbocycles. The van der Waals surface area contributed by atoms with Crippen LogP contribution in [-0.2, 0) is 4.79 Å². The minimum atomic E-state index is -0.979. The number of carbonyl (C=O) groups is 1. The molecule has 1 heterocycles. The largest absolute Gasteiger partial charge is 0.481 e. The van der Waals surface area contributed by atoms with Gasteiger partial charge in [0, 0.05) is 13.1 Å². The van der Waals surface area contributed by atoms with Crippen molar-refractivity contribution in [3.63, 3.8) is 0 Å². The van der Waals surface area contributed by atoms with E-state index in [0.29, 0.717) is 25.8 Å². The molecule has 0 spiro atoms. The molecule has 13 heavy (non-hydrogen) atoms. The zero-order valence-electron chi connectivity index (χ0n) is 7.79. The number of likely N-dealkylation sites (tertiary alicyclic amines) is 1. The smallest absolute Gasteiger partial charge is 0.312 e. The van der Waals surface area contributed by atoms with Crippen LogP contribution in [0.1, 0.15) is 19.3 Å². The molecule has 1 saturated carbocycles. The summed E-state index contributed by atoms with van der Waals surface area (Å²) in [4.78, 5) is 13.0. The van der Waals surface area contributed by atoms with Crippen molar-refractivity contribution in [2.45, 2.75) is 24.9 Å². The fourth-order valence-corrected chi connectivity index (χ4v) is 2.37. The van der Waals surface area contributed by atoms with Crippen LogP contribution in [0.4, 0.5) is 0 Å². The lowest BCUT2D eigenvalue weighted by Crippen LogP contribution is -2.46. The van der Waals surface area contributed by atoms with Crippen LogP contribution >= 0.6 is 0 Å². The Morgan fingerprint density at radius 3 is 2.31 bits per heavy atom. The van der Waals surface area contributed by atoms with Gasteiger partial charge in [-0.25, -0.2) is 0 Å². The Morgan fingerprint density at radius 2 is 2.00 bits per heavy atom. The molecule has 0 amide bonds. The zero-order valence-corrected chi connectivity index (χ0v) is 7.79. The first-order chi connectivity index (χ1) is 6.00. The van der Waals surface area contributed by atoms with E-state index in [0.717, 1.165) is 6.54 Å². The van der Waals surface area contributed by atoms with Gasteiger partial charge in [-0.3, -0.25) is 4.79 Å². The molecule has 2 rings (SSSR count). The lowest BCUT2D eigenvalue weighted by atomic mass is 9.83. The lowest BCUT2D eigenvalue weighted by molar-refractivity contribution is -0.154. The standard InChI is InChI=1S/C9H15NO3/c1-10-5-4-9(13,6-10)8(2-3-8)7(11)12/h13H,2-6H2,1H3,(H,11,12). The van der Waals surface area contributed by atoms with Gasteiger partial charge >= 0.3 is 5.97 Å². The van der Waals surface area contributed by atoms with Crippen molar-refractivity contribution >= 4 is 5.97 Å². The van der Waals surface area contributed by atoms with Gasteiger partial charge in [-0.2, -0.15) is 0 Å². The molecule has 4 nitrogen and oxygen atoms in total.